The quantitative estimate of drug-likeness (QED) is 0.715. The molecule has 2 heterocycles. The van der Waals surface area contributed by atoms with Gasteiger partial charge in [-0.3, -0.25) is 9.36 Å². The molecule has 0 unspecified atom stereocenters. The van der Waals surface area contributed by atoms with E-state index in [1.54, 1.807) is 29.3 Å². The lowest BCUT2D eigenvalue weighted by atomic mass is 9.89. The van der Waals surface area contributed by atoms with Crippen LogP contribution in [0.3, 0.4) is 0 Å². The fourth-order valence-corrected chi connectivity index (χ4v) is 5.03. The van der Waals surface area contributed by atoms with Crippen LogP contribution < -0.4 is 10.3 Å². The lowest BCUT2D eigenvalue weighted by Gasteiger charge is -2.17. The van der Waals surface area contributed by atoms with Crippen molar-refractivity contribution in [1.29, 1.82) is 0 Å². The third-order valence-corrected chi connectivity index (χ3v) is 6.22. The van der Waals surface area contributed by atoms with E-state index in [9.17, 15) is 4.79 Å². The van der Waals surface area contributed by atoms with Gasteiger partial charge >= 0.3 is 0 Å². The minimum absolute atomic E-state index is 0.0700. The van der Waals surface area contributed by atoms with E-state index < -0.39 is 0 Å². The van der Waals surface area contributed by atoms with Crippen molar-refractivity contribution in [1.82, 2.24) is 9.55 Å². The minimum atomic E-state index is 0.0700. The predicted molar refractivity (Wildman–Crippen MR) is 102 cm³/mol. The normalized spacial score (nSPS) is 16.8. The van der Waals surface area contributed by atoms with Gasteiger partial charge in [0.05, 0.1) is 25.4 Å². The topological polar surface area (TPSA) is 44.1 Å². The van der Waals surface area contributed by atoms with Crippen LogP contribution in [0, 0.1) is 12.8 Å². The Morgan fingerprint density at radius 3 is 3.04 bits per heavy atom. The van der Waals surface area contributed by atoms with Crippen molar-refractivity contribution in [3.8, 4) is 5.75 Å². The van der Waals surface area contributed by atoms with Gasteiger partial charge in [-0.2, -0.15) is 0 Å². The molecule has 130 valence electrons. The highest BCUT2D eigenvalue weighted by atomic mass is 32.1. The second-order valence-electron chi connectivity index (χ2n) is 7.02. The number of rotatable bonds is 3. The van der Waals surface area contributed by atoms with E-state index in [4.69, 9.17) is 4.74 Å². The Morgan fingerprint density at radius 2 is 2.24 bits per heavy atom. The van der Waals surface area contributed by atoms with E-state index in [0.717, 1.165) is 46.4 Å². The molecule has 0 saturated heterocycles. The second-order valence-corrected chi connectivity index (χ2v) is 8.11. The van der Waals surface area contributed by atoms with E-state index >= 15 is 0 Å². The first-order valence-electron chi connectivity index (χ1n) is 8.70. The van der Waals surface area contributed by atoms with Gasteiger partial charge in [-0.1, -0.05) is 24.6 Å². The van der Waals surface area contributed by atoms with Crippen molar-refractivity contribution in [2.24, 2.45) is 5.92 Å². The van der Waals surface area contributed by atoms with Crippen molar-refractivity contribution in [3.05, 3.63) is 56.4 Å². The number of thiophene rings is 1. The van der Waals surface area contributed by atoms with Gasteiger partial charge in [-0.05, 0) is 43.7 Å². The number of aryl methyl sites for hydroxylation is 2. The van der Waals surface area contributed by atoms with E-state index in [1.165, 1.54) is 10.4 Å². The number of hydrogen-bond donors (Lipinski definition) is 0. The molecule has 4 rings (SSSR count). The van der Waals surface area contributed by atoms with Crippen molar-refractivity contribution in [2.75, 3.05) is 7.11 Å². The molecule has 1 aliphatic carbocycles. The van der Waals surface area contributed by atoms with Crippen molar-refractivity contribution < 1.29 is 4.74 Å². The summed E-state index contributed by atoms with van der Waals surface area (Å²) in [5.41, 5.74) is 3.46. The second kappa shape index (κ2) is 6.30. The first-order valence-corrected chi connectivity index (χ1v) is 9.51. The zero-order chi connectivity index (χ0) is 17.6. The summed E-state index contributed by atoms with van der Waals surface area (Å²) in [6.45, 7) is 4.81. The van der Waals surface area contributed by atoms with Gasteiger partial charge in [-0.25, -0.2) is 4.98 Å². The van der Waals surface area contributed by atoms with E-state index in [1.807, 2.05) is 19.1 Å². The zero-order valence-electron chi connectivity index (χ0n) is 14.8. The van der Waals surface area contributed by atoms with Gasteiger partial charge in [0.15, 0.2) is 0 Å². The lowest BCUT2D eigenvalue weighted by molar-refractivity contribution is 0.408. The Morgan fingerprint density at radius 1 is 1.40 bits per heavy atom. The molecule has 0 spiro atoms. The third kappa shape index (κ3) is 2.86. The number of benzene rings is 1. The maximum atomic E-state index is 13.1. The van der Waals surface area contributed by atoms with Gasteiger partial charge < -0.3 is 4.74 Å². The summed E-state index contributed by atoms with van der Waals surface area (Å²) in [6, 6.07) is 6.04. The largest absolute Gasteiger partial charge is 0.496 e. The molecular formula is C20H22N2O2S. The highest BCUT2D eigenvalue weighted by Gasteiger charge is 2.23. The average Bonchev–Trinajstić information content (AvgIpc) is 2.95. The van der Waals surface area contributed by atoms with Crippen LogP contribution in [0.1, 0.15) is 34.9 Å². The van der Waals surface area contributed by atoms with Gasteiger partial charge in [0.2, 0.25) is 0 Å². The third-order valence-electron chi connectivity index (χ3n) is 5.06. The number of methoxy groups -OCH3 is 1. The summed E-state index contributed by atoms with van der Waals surface area (Å²) >= 11 is 1.69. The molecule has 0 radical (unpaired) electrons. The molecule has 1 atom stereocenters. The summed E-state index contributed by atoms with van der Waals surface area (Å²) in [5, 5.41) is 0.834. The van der Waals surface area contributed by atoms with Crippen LogP contribution in [0.25, 0.3) is 10.2 Å². The molecule has 0 N–H and O–H groups in total. The van der Waals surface area contributed by atoms with Crippen molar-refractivity contribution >= 4 is 21.6 Å². The minimum Gasteiger partial charge on any atom is -0.496 e. The molecular weight excluding hydrogens is 332 g/mol. The van der Waals surface area contributed by atoms with E-state index in [0.29, 0.717) is 12.5 Å². The number of nitrogens with zero attached hydrogens (tertiary/aromatic N) is 2. The zero-order valence-corrected chi connectivity index (χ0v) is 15.7. The number of aromatic nitrogens is 2. The molecule has 0 bridgehead atoms. The maximum absolute atomic E-state index is 13.1. The van der Waals surface area contributed by atoms with Crippen molar-refractivity contribution in [2.45, 2.75) is 39.7 Å². The number of fused-ring (bicyclic) bond motifs is 3. The van der Waals surface area contributed by atoms with Crippen LogP contribution in [-0.4, -0.2) is 16.7 Å². The summed E-state index contributed by atoms with van der Waals surface area (Å²) < 4.78 is 7.17. The van der Waals surface area contributed by atoms with E-state index in [-0.39, 0.29) is 5.56 Å². The monoisotopic (exact) mass is 354 g/mol. The van der Waals surface area contributed by atoms with Crippen LogP contribution in [0.4, 0.5) is 0 Å². The van der Waals surface area contributed by atoms with Crippen LogP contribution >= 0.6 is 11.3 Å². The number of ether oxygens (including phenoxy) is 1. The van der Waals surface area contributed by atoms with Gasteiger partial charge in [0.25, 0.3) is 5.56 Å². The molecule has 0 aliphatic heterocycles. The predicted octanol–water partition coefficient (Wildman–Crippen LogP) is 3.95. The summed E-state index contributed by atoms with van der Waals surface area (Å²) in [5.74, 6) is 1.50. The SMILES string of the molecule is COc1ccc(C)cc1Cn1cnc2sc3c(c2c1=O)CC[C@@H](C)C3. The Balaban J connectivity index is 1.80. The molecule has 4 nitrogen and oxygen atoms in total. The fourth-order valence-electron chi connectivity index (χ4n) is 3.69. The van der Waals surface area contributed by atoms with Crippen molar-refractivity contribution in [3.63, 3.8) is 0 Å². The number of hydrogen-bond acceptors (Lipinski definition) is 4. The highest BCUT2D eigenvalue weighted by Crippen LogP contribution is 2.35. The lowest BCUT2D eigenvalue weighted by Crippen LogP contribution is -2.22. The molecule has 0 fully saturated rings. The average molecular weight is 354 g/mol. The molecule has 5 heteroatoms. The smallest absolute Gasteiger partial charge is 0.262 e. The van der Waals surface area contributed by atoms with Crippen LogP contribution in [0.5, 0.6) is 5.75 Å². The Kier molecular flexibility index (Phi) is 4.12. The highest BCUT2D eigenvalue weighted by molar-refractivity contribution is 7.18. The van der Waals surface area contributed by atoms with Crippen LogP contribution in [0.15, 0.2) is 29.3 Å². The fraction of sp³-hybridized carbons (Fsp3) is 0.400. The molecule has 1 aliphatic rings. The van der Waals surface area contributed by atoms with Crippen LogP contribution in [-0.2, 0) is 19.4 Å². The van der Waals surface area contributed by atoms with Crippen LogP contribution in [0.2, 0.25) is 0 Å². The molecule has 25 heavy (non-hydrogen) atoms. The van der Waals surface area contributed by atoms with E-state index in [2.05, 4.69) is 18.0 Å². The van der Waals surface area contributed by atoms with Gasteiger partial charge in [0.1, 0.15) is 10.6 Å². The summed E-state index contributed by atoms with van der Waals surface area (Å²) in [7, 11) is 1.66. The molecule has 2 aromatic heterocycles. The Hall–Kier alpha value is -2.14. The molecule has 1 aromatic carbocycles. The van der Waals surface area contributed by atoms with Gasteiger partial charge in [-0.15, -0.1) is 11.3 Å². The first kappa shape index (κ1) is 16.3. The molecule has 3 aromatic rings. The Labute approximate surface area is 151 Å². The standard InChI is InChI=1S/C20H22N2O2S/c1-12-5-7-16(24-3)14(8-12)10-22-11-21-19-18(20(22)23)15-6-4-13(2)9-17(15)25-19/h5,7-8,11,13H,4,6,9-10H2,1-3H3/t13-/m1/s1. The maximum Gasteiger partial charge on any atom is 0.262 e. The first-order chi connectivity index (χ1) is 12.1. The molecule has 0 saturated carbocycles. The summed E-state index contributed by atoms with van der Waals surface area (Å²) in [6.07, 6.45) is 4.89. The Bertz CT molecular complexity index is 1000. The summed E-state index contributed by atoms with van der Waals surface area (Å²) in [4.78, 5) is 19.9. The van der Waals surface area contributed by atoms with Gasteiger partial charge in [0, 0.05) is 10.4 Å². The molecule has 0 amide bonds.